The van der Waals surface area contributed by atoms with Crippen molar-refractivity contribution in [2.24, 2.45) is 7.05 Å². The van der Waals surface area contributed by atoms with Gasteiger partial charge in [-0.15, -0.1) is 0 Å². The number of carbonyl (C=O) groups is 2. The zero-order valence-corrected chi connectivity index (χ0v) is 14.5. The number of piperidine rings is 1. The summed E-state index contributed by atoms with van der Waals surface area (Å²) in [4.78, 5) is 28.8. The van der Waals surface area contributed by atoms with Gasteiger partial charge < -0.3 is 15.1 Å². The van der Waals surface area contributed by atoms with E-state index in [9.17, 15) is 9.59 Å². The first-order valence-electron chi connectivity index (χ1n) is 8.19. The van der Waals surface area contributed by atoms with Gasteiger partial charge in [-0.3, -0.25) is 9.48 Å². The lowest BCUT2D eigenvalue weighted by atomic mass is 9.98. The molecule has 2 aliphatic heterocycles. The van der Waals surface area contributed by atoms with Crippen molar-refractivity contribution in [1.29, 1.82) is 0 Å². The molecule has 0 aliphatic carbocycles. The molecule has 2 fully saturated rings. The maximum atomic E-state index is 12.9. The molecule has 2 aliphatic rings. The predicted molar refractivity (Wildman–Crippen MR) is 86.3 cm³/mol. The van der Waals surface area contributed by atoms with Crippen LogP contribution in [0, 0.1) is 13.8 Å². The van der Waals surface area contributed by atoms with E-state index in [0.717, 1.165) is 17.8 Å². The maximum Gasteiger partial charge on any atom is 0.318 e. The van der Waals surface area contributed by atoms with E-state index >= 15 is 0 Å². The van der Waals surface area contributed by atoms with Crippen molar-refractivity contribution in [3.63, 3.8) is 0 Å². The first-order chi connectivity index (χ1) is 10.8. The molecule has 0 radical (unpaired) electrons. The lowest BCUT2D eigenvalue weighted by Gasteiger charge is -2.38. The van der Waals surface area contributed by atoms with Gasteiger partial charge >= 0.3 is 6.03 Å². The number of rotatable bonds is 2. The molecule has 3 rings (SSSR count). The highest BCUT2D eigenvalue weighted by Crippen LogP contribution is 2.26. The molecule has 3 amide bonds. The Morgan fingerprint density at radius 2 is 2.04 bits per heavy atom. The summed E-state index contributed by atoms with van der Waals surface area (Å²) in [5.74, 6) is 0.0174. The van der Waals surface area contributed by atoms with Gasteiger partial charge in [-0.25, -0.2) is 4.79 Å². The van der Waals surface area contributed by atoms with Crippen LogP contribution in [0.1, 0.15) is 42.0 Å². The van der Waals surface area contributed by atoms with Crippen molar-refractivity contribution in [2.75, 3.05) is 13.1 Å². The van der Waals surface area contributed by atoms with Crippen LogP contribution in [0.15, 0.2) is 0 Å². The average Bonchev–Trinajstić information content (AvgIpc) is 2.93. The molecule has 0 spiro atoms. The van der Waals surface area contributed by atoms with Crippen LogP contribution in [-0.4, -0.2) is 62.7 Å². The van der Waals surface area contributed by atoms with Gasteiger partial charge in [-0.1, -0.05) is 0 Å². The number of hydrogen-bond donors (Lipinski definition) is 1. The molecule has 1 N–H and O–H groups in total. The van der Waals surface area contributed by atoms with E-state index in [-0.39, 0.29) is 30.1 Å². The normalized spacial score (nSPS) is 24.2. The Hall–Kier alpha value is -2.05. The third-order valence-electron chi connectivity index (χ3n) is 5.04. The number of aromatic nitrogens is 2. The quantitative estimate of drug-likeness (QED) is 0.886. The van der Waals surface area contributed by atoms with Crippen molar-refractivity contribution in [1.82, 2.24) is 24.9 Å². The molecule has 0 aromatic carbocycles. The fraction of sp³-hybridized carbons (Fsp3) is 0.688. The number of fused-ring (bicyclic) bond motifs is 1. The van der Waals surface area contributed by atoms with Crippen LogP contribution in [0.25, 0.3) is 0 Å². The highest BCUT2D eigenvalue weighted by molar-refractivity contribution is 5.96. The SMILES string of the molecule is Cc1nn(C)c(C)c1C(=O)N1CC[C@H]2[C@@H](C1)NC(=O)N2C(C)C. The molecule has 2 atom stereocenters. The molecule has 0 saturated carbocycles. The molecule has 0 bridgehead atoms. The number of likely N-dealkylation sites (tertiary alicyclic amines) is 1. The number of nitrogens with zero attached hydrogens (tertiary/aromatic N) is 4. The number of carbonyl (C=O) groups excluding carboxylic acids is 2. The summed E-state index contributed by atoms with van der Waals surface area (Å²) < 4.78 is 1.74. The summed E-state index contributed by atoms with van der Waals surface area (Å²) >= 11 is 0. The molecule has 2 saturated heterocycles. The number of urea groups is 1. The smallest absolute Gasteiger partial charge is 0.318 e. The maximum absolute atomic E-state index is 12.9. The lowest BCUT2D eigenvalue weighted by Crippen LogP contribution is -2.53. The van der Waals surface area contributed by atoms with Crippen molar-refractivity contribution in [3.05, 3.63) is 17.0 Å². The van der Waals surface area contributed by atoms with E-state index in [1.165, 1.54) is 0 Å². The number of hydrogen-bond acceptors (Lipinski definition) is 3. The molecule has 3 heterocycles. The van der Waals surface area contributed by atoms with Crippen molar-refractivity contribution < 1.29 is 9.59 Å². The minimum Gasteiger partial charge on any atom is -0.336 e. The zero-order chi connectivity index (χ0) is 16.9. The van der Waals surface area contributed by atoms with Gasteiger partial charge in [0.15, 0.2) is 0 Å². The molecule has 0 unspecified atom stereocenters. The first-order valence-corrected chi connectivity index (χ1v) is 8.19. The van der Waals surface area contributed by atoms with Crippen LogP contribution in [0.3, 0.4) is 0 Å². The van der Waals surface area contributed by atoms with Crippen molar-refractivity contribution in [3.8, 4) is 0 Å². The first kappa shape index (κ1) is 15.8. The summed E-state index contributed by atoms with van der Waals surface area (Å²) in [6, 6.07) is 0.357. The Kier molecular flexibility index (Phi) is 3.82. The average molecular weight is 319 g/mol. The highest BCUT2D eigenvalue weighted by atomic mass is 16.2. The largest absolute Gasteiger partial charge is 0.336 e. The Morgan fingerprint density at radius 3 is 2.61 bits per heavy atom. The summed E-state index contributed by atoms with van der Waals surface area (Å²) in [6.45, 7) is 9.07. The predicted octanol–water partition coefficient (Wildman–Crippen LogP) is 1.05. The Morgan fingerprint density at radius 1 is 1.35 bits per heavy atom. The molecule has 126 valence electrons. The van der Waals surface area contributed by atoms with Crippen molar-refractivity contribution in [2.45, 2.75) is 52.2 Å². The van der Waals surface area contributed by atoms with E-state index in [4.69, 9.17) is 0 Å². The summed E-state index contributed by atoms with van der Waals surface area (Å²) in [7, 11) is 1.85. The van der Waals surface area contributed by atoms with Gasteiger partial charge in [0.05, 0.1) is 23.3 Å². The molecule has 1 aromatic rings. The Bertz CT molecular complexity index is 651. The van der Waals surface area contributed by atoms with Crippen LogP contribution in [-0.2, 0) is 7.05 Å². The number of nitrogens with one attached hydrogen (secondary N) is 1. The molecule has 23 heavy (non-hydrogen) atoms. The topological polar surface area (TPSA) is 70.5 Å². The highest BCUT2D eigenvalue weighted by Gasteiger charge is 2.44. The number of amides is 3. The van der Waals surface area contributed by atoms with Gasteiger partial charge in [0, 0.05) is 31.9 Å². The van der Waals surface area contributed by atoms with Crippen LogP contribution in [0.2, 0.25) is 0 Å². The monoisotopic (exact) mass is 319 g/mol. The molecule has 7 heteroatoms. The van der Waals surface area contributed by atoms with E-state index in [1.807, 2.05) is 44.5 Å². The Balaban J connectivity index is 1.78. The van der Waals surface area contributed by atoms with Crippen molar-refractivity contribution >= 4 is 11.9 Å². The van der Waals surface area contributed by atoms with Gasteiger partial charge in [-0.2, -0.15) is 5.10 Å². The van der Waals surface area contributed by atoms with Crippen LogP contribution >= 0.6 is 0 Å². The summed E-state index contributed by atoms with van der Waals surface area (Å²) in [5.41, 5.74) is 2.33. The second kappa shape index (κ2) is 5.54. The van der Waals surface area contributed by atoms with E-state index in [0.29, 0.717) is 18.7 Å². The Labute approximate surface area is 136 Å². The van der Waals surface area contributed by atoms with E-state index < -0.39 is 0 Å². The second-order valence-corrected chi connectivity index (χ2v) is 6.83. The number of aryl methyl sites for hydroxylation is 2. The van der Waals surface area contributed by atoms with E-state index in [2.05, 4.69) is 10.4 Å². The molecular formula is C16H25N5O2. The molecule has 7 nitrogen and oxygen atoms in total. The zero-order valence-electron chi connectivity index (χ0n) is 14.5. The fourth-order valence-electron chi connectivity index (χ4n) is 3.84. The standard InChI is InChI=1S/C16H25N5O2/c1-9(2)21-13-6-7-20(8-12(13)17-16(21)23)15(22)14-10(3)18-19(5)11(14)4/h9,12-13H,6-8H2,1-5H3,(H,17,23)/t12-,13+/m1/s1. The van der Waals surface area contributed by atoms with E-state index in [1.54, 1.807) is 4.68 Å². The second-order valence-electron chi connectivity index (χ2n) is 6.83. The van der Waals surface area contributed by atoms with Gasteiger partial charge in [0.25, 0.3) is 5.91 Å². The van der Waals surface area contributed by atoms with Gasteiger partial charge in [-0.05, 0) is 34.1 Å². The lowest BCUT2D eigenvalue weighted by molar-refractivity contribution is 0.0643. The molecular weight excluding hydrogens is 294 g/mol. The van der Waals surface area contributed by atoms with Gasteiger partial charge in [0.1, 0.15) is 0 Å². The minimum absolute atomic E-state index is 0.0138. The van der Waals surface area contributed by atoms with Crippen LogP contribution in [0.5, 0.6) is 0 Å². The fourth-order valence-corrected chi connectivity index (χ4v) is 3.84. The third kappa shape index (κ3) is 2.48. The minimum atomic E-state index is -0.0157. The summed E-state index contributed by atoms with van der Waals surface area (Å²) in [5, 5.41) is 7.36. The van der Waals surface area contributed by atoms with Crippen LogP contribution in [0.4, 0.5) is 4.79 Å². The third-order valence-corrected chi connectivity index (χ3v) is 5.04. The molecule has 1 aromatic heterocycles. The summed E-state index contributed by atoms with van der Waals surface area (Å²) in [6.07, 6.45) is 0.811. The van der Waals surface area contributed by atoms with Gasteiger partial charge in [0.2, 0.25) is 0 Å². The van der Waals surface area contributed by atoms with Crippen LogP contribution < -0.4 is 5.32 Å².